The molecule has 0 unspecified atom stereocenters. The maximum atomic E-state index is 14.6. The highest BCUT2D eigenvalue weighted by molar-refractivity contribution is 5.99. The van der Waals surface area contributed by atoms with Crippen LogP contribution in [0.5, 0.6) is 0 Å². The van der Waals surface area contributed by atoms with Crippen LogP contribution in [0.1, 0.15) is 60.1 Å². The Bertz CT molecular complexity index is 1180. The minimum atomic E-state index is -3.06. The van der Waals surface area contributed by atoms with Crippen LogP contribution in [-0.2, 0) is 5.54 Å². The summed E-state index contributed by atoms with van der Waals surface area (Å²) in [4.78, 5) is 26.0. The summed E-state index contributed by atoms with van der Waals surface area (Å²) in [6, 6.07) is 2.56. The molecule has 2 fully saturated rings. The van der Waals surface area contributed by atoms with E-state index in [4.69, 9.17) is 0 Å². The predicted octanol–water partition coefficient (Wildman–Crippen LogP) is 4.28. The number of nitrogens with one attached hydrogen (secondary N) is 3. The van der Waals surface area contributed by atoms with Gasteiger partial charge in [-0.15, -0.1) is 0 Å². The Balaban J connectivity index is 1.69. The van der Waals surface area contributed by atoms with E-state index in [0.717, 1.165) is 22.9 Å². The molecule has 2 aromatic rings. The summed E-state index contributed by atoms with van der Waals surface area (Å²) in [6.07, 6.45) is -5.81. The molecule has 0 bridgehead atoms. The van der Waals surface area contributed by atoms with Crippen LogP contribution in [0.3, 0.4) is 0 Å². The maximum absolute atomic E-state index is 14.6. The molecule has 3 N–H and O–H groups in total. The van der Waals surface area contributed by atoms with Crippen molar-refractivity contribution in [3.63, 3.8) is 0 Å². The number of nitrogens with zero attached hydrogens (tertiary/aromatic N) is 1. The van der Waals surface area contributed by atoms with Crippen molar-refractivity contribution in [2.45, 2.75) is 62.8 Å². The van der Waals surface area contributed by atoms with Crippen molar-refractivity contribution in [3.8, 4) is 0 Å². The molecule has 4 rings (SSSR count). The van der Waals surface area contributed by atoms with Gasteiger partial charge in [0.25, 0.3) is 24.3 Å². The molecule has 1 aromatic carbocycles. The number of benzene rings is 1. The van der Waals surface area contributed by atoms with E-state index in [9.17, 15) is 35.9 Å². The Morgan fingerprint density at radius 2 is 1.89 bits per heavy atom. The van der Waals surface area contributed by atoms with Crippen LogP contribution < -0.4 is 21.5 Å². The van der Waals surface area contributed by atoms with Crippen LogP contribution >= 0.6 is 0 Å². The van der Waals surface area contributed by atoms with Gasteiger partial charge < -0.3 is 20.5 Å². The highest BCUT2D eigenvalue weighted by Crippen LogP contribution is 2.48. The van der Waals surface area contributed by atoms with Crippen molar-refractivity contribution < 1.29 is 31.1 Å². The van der Waals surface area contributed by atoms with E-state index in [1.54, 1.807) is 0 Å². The van der Waals surface area contributed by atoms with Gasteiger partial charge >= 0.3 is 0 Å². The second kappa shape index (κ2) is 10.2. The van der Waals surface area contributed by atoms with Gasteiger partial charge in [0, 0.05) is 24.4 Å². The molecule has 12 heteroatoms. The minimum Gasteiger partial charge on any atom is -0.378 e. The number of carbonyl (C=O) groups excluding carboxylic acids is 1. The van der Waals surface area contributed by atoms with Gasteiger partial charge in [0.2, 0.25) is 0 Å². The van der Waals surface area contributed by atoms with Gasteiger partial charge in [-0.2, -0.15) is 0 Å². The Kier molecular flexibility index (Phi) is 7.35. The molecule has 2 aliphatic rings. The van der Waals surface area contributed by atoms with Gasteiger partial charge in [-0.05, 0) is 32.7 Å². The average molecular weight is 516 g/mol. The zero-order chi connectivity index (χ0) is 26.2. The molecule has 1 aliphatic carbocycles. The lowest BCUT2D eigenvalue weighted by Crippen LogP contribution is -2.46. The van der Waals surface area contributed by atoms with Gasteiger partial charge in [0.15, 0.2) is 0 Å². The number of aromatic nitrogens is 1. The summed E-state index contributed by atoms with van der Waals surface area (Å²) in [6.45, 7) is 1.92. The number of rotatable bonds is 8. The number of alkyl halides is 5. The first-order valence-electron chi connectivity index (χ1n) is 11.6. The number of hydrogen-bond donors (Lipinski definition) is 3. The van der Waals surface area contributed by atoms with E-state index in [1.807, 2.05) is 0 Å². The first-order valence-corrected chi connectivity index (χ1v) is 11.6. The van der Waals surface area contributed by atoms with Crippen LogP contribution in [0.25, 0.3) is 0 Å². The lowest BCUT2D eigenvalue weighted by Gasteiger charge is -2.29. The van der Waals surface area contributed by atoms with Crippen LogP contribution in [0.4, 0.5) is 32.0 Å². The molecule has 196 valence electrons. The number of halogens is 6. The summed E-state index contributed by atoms with van der Waals surface area (Å²) in [7, 11) is 0. The molecule has 36 heavy (non-hydrogen) atoms. The maximum Gasteiger partial charge on any atom is 0.266 e. The summed E-state index contributed by atoms with van der Waals surface area (Å²) >= 11 is 0. The number of amides is 1. The van der Waals surface area contributed by atoms with E-state index in [-0.39, 0.29) is 36.2 Å². The van der Waals surface area contributed by atoms with E-state index in [2.05, 4.69) is 16.0 Å². The minimum absolute atomic E-state index is 0.0429. The first-order chi connectivity index (χ1) is 17.0. The van der Waals surface area contributed by atoms with E-state index in [1.165, 1.54) is 19.1 Å². The molecule has 2 heterocycles. The first kappa shape index (κ1) is 26.1. The van der Waals surface area contributed by atoms with Crippen molar-refractivity contribution in [3.05, 3.63) is 63.3 Å². The fraction of sp³-hybridized carbons (Fsp3) is 0.500. The molecule has 1 aliphatic heterocycles. The summed E-state index contributed by atoms with van der Waals surface area (Å²) < 4.78 is 83.5. The molecule has 1 saturated carbocycles. The van der Waals surface area contributed by atoms with Crippen molar-refractivity contribution in [1.29, 1.82) is 0 Å². The number of carbonyl (C=O) groups is 1. The van der Waals surface area contributed by atoms with Crippen LogP contribution in [0.2, 0.25) is 0 Å². The molecule has 1 amide bonds. The smallest absolute Gasteiger partial charge is 0.266 e. The SMILES string of the molecule is C[C@@H](NC(=O)c1cn(C2(C(F)F)CC2)c(=O)cc1N[C@H]1CCNC[C@H]1F)c1cccc(C(F)F)c1F. The van der Waals surface area contributed by atoms with Gasteiger partial charge in [0.05, 0.1) is 28.9 Å². The zero-order valence-electron chi connectivity index (χ0n) is 19.3. The van der Waals surface area contributed by atoms with E-state index >= 15 is 0 Å². The number of anilines is 1. The molecular formula is C24H26F6N4O2. The third-order valence-corrected chi connectivity index (χ3v) is 6.80. The average Bonchev–Trinajstić information content (AvgIpc) is 3.62. The van der Waals surface area contributed by atoms with Gasteiger partial charge in [-0.1, -0.05) is 18.2 Å². The fourth-order valence-electron chi connectivity index (χ4n) is 4.48. The highest BCUT2D eigenvalue weighted by atomic mass is 19.3. The van der Waals surface area contributed by atoms with E-state index in [0.29, 0.717) is 13.0 Å². The molecule has 0 radical (unpaired) electrons. The van der Waals surface area contributed by atoms with Crippen LogP contribution in [-0.4, -0.2) is 42.2 Å². The fourth-order valence-corrected chi connectivity index (χ4v) is 4.48. The Morgan fingerprint density at radius 3 is 2.50 bits per heavy atom. The third-order valence-electron chi connectivity index (χ3n) is 6.80. The third kappa shape index (κ3) is 4.95. The lowest BCUT2D eigenvalue weighted by molar-refractivity contribution is 0.0648. The summed E-state index contributed by atoms with van der Waals surface area (Å²) in [5.41, 5.74) is -3.80. The quantitative estimate of drug-likeness (QED) is 0.458. The Hall–Kier alpha value is -3.02. The van der Waals surface area contributed by atoms with Crippen molar-refractivity contribution in [2.24, 2.45) is 0 Å². The molecular weight excluding hydrogens is 490 g/mol. The largest absolute Gasteiger partial charge is 0.378 e. The molecule has 0 spiro atoms. The van der Waals surface area contributed by atoms with Crippen molar-refractivity contribution in [2.75, 3.05) is 18.4 Å². The normalized spacial score (nSPS) is 21.9. The lowest BCUT2D eigenvalue weighted by atomic mass is 10.0. The van der Waals surface area contributed by atoms with Crippen LogP contribution in [0.15, 0.2) is 35.3 Å². The van der Waals surface area contributed by atoms with E-state index < -0.39 is 59.5 Å². The van der Waals surface area contributed by atoms with Gasteiger partial charge in [-0.3, -0.25) is 9.59 Å². The monoisotopic (exact) mass is 516 g/mol. The van der Waals surface area contributed by atoms with Crippen molar-refractivity contribution >= 4 is 11.6 Å². The number of piperidine rings is 1. The number of pyridine rings is 1. The molecule has 1 aromatic heterocycles. The van der Waals surface area contributed by atoms with Crippen LogP contribution in [0, 0.1) is 5.82 Å². The second-order valence-electron chi connectivity index (χ2n) is 9.22. The summed E-state index contributed by atoms with van der Waals surface area (Å²) in [5, 5.41) is 8.21. The molecule has 1 saturated heterocycles. The van der Waals surface area contributed by atoms with Crippen molar-refractivity contribution in [1.82, 2.24) is 15.2 Å². The molecule has 6 nitrogen and oxygen atoms in total. The zero-order valence-corrected chi connectivity index (χ0v) is 19.3. The second-order valence-corrected chi connectivity index (χ2v) is 9.22. The standard InChI is InChI=1S/C24H26F6N4O2/c1-12(13-3-2-4-14(20(13)26)21(27)28)32-22(36)15-11-34(24(6-7-24)23(29)30)19(35)9-18(15)33-17-5-8-31-10-16(17)25/h2-4,9,11-12,16-17,21,23,31,33H,5-8,10H2,1H3,(H,32,36)/t12-,16-,17+/m1/s1. The number of hydrogen-bond acceptors (Lipinski definition) is 4. The Morgan fingerprint density at radius 1 is 1.19 bits per heavy atom. The van der Waals surface area contributed by atoms with Gasteiger partial charge in [0.1, 0.15) is 17.5 Å². The molecule has 3 atom stereocenters. The topological polar surface area (TPSA) is 75.2 Å². The Labute approximate surface area is 203 Å². The predicted molar refractivity (Wildman–Crippen MR) is 121 cm³/mol. The van der Waals surface area contributed by atoms with Gasteiger partial charge in [-0.25, -0.2) is 26.3 Å². The highest BCUT2D eigenvalue weighted by Gasteiger charge is 2.53. The summed E-state index contributed by atoms with van der Waals surface area (Å²) in [5.74, 6) is -2.04.